The van der Waals surface area contributed by atoms with Crippen LogP contribution in [0.5, 0.6) is 11.5 Å². The van der Waals surface area contributed by atoms with Crippen LogP contribution in [0.4, 0.5) is 5.82 Å². The molecule has 7 heteroatoms. The third-order valence-electron chi connectivity index (χ3n) is 6.12. The highest BCUT2D eigenvalue weighted by atomic mass is 16.7. The molecule has 30 heavy (non-hydrogen) atoms. The molecular weight excluding hydrogens is 378 g/mol. The van der Waals surface area contributed by atoms with Gasteiger partial charge in [-0.3, -0.25) is 4.68 Å². The van der Waals surface area contributed by atoms with Gasteiger partial charge in [-0.15, -0.1) is 0 Å². The van der Waals surface area contributed by atoms with Crippen LogP contribution in [-0.2, 0) is 20.0 Å². The Bertz CT molecular complexity index is 1060. The van der Waals surface area contributed by atoms with E-state index in [9.17, 15) is 0 Å². The lowest BCUT2D eigenvalue weighted by atomic mass is 9.88. The molecule has 0 atom stereocenters. The summed E-state index contributed by atoms with van der Waals surface area (Å²) in [6.07, 6.45) is 8.19. The fourth-order valence-corrected chi connectivity index (χ4v) is 4.57. The van der Waals surface area contributed by atoms with Gasteiger partial charge < -0.3 is 14.8 Å². The van der Waals surface area contributed by atoms with Gasteiger partial charge in [0.1, 0.15) is 16.9 Å². The molecule has 0 saturated heterocycles. The Kier molecular flexibility index (Phi) is 5.19. The molecule has 0 spiro atoms. The van der Waals surface area contributed by atoms with E-state index < -0.39 is 0 Å². The number of hydrogen-bond donors (Lipinski definition) is 1. The summed E-state index contributed by atoms with van der Waals surface area (Å²) < 4.78 is 12.9. The van der Waals surface area contributed by atoms with Gasteiger partial charge in [-0.05, 0) is 37.0 Å². The Morgan fingerprint density at radius 1 is 1.10 bits per heavy atom. The standard InChI is InChI=1S/C23H29N5O2/c1-3-7-17-20-21(28(2)27-17)23(26-22(25-20)16-8-5-4-6-9-16)24-13-15-10-11-18-19(12-15)30-14-29-18/h10-12,16H,3-9,13-14H2,1-2H3,(H,24,25,26). The van der Waals surface area contributed by atoms with Crippen molar-refractivity contribution in [2.45, 2.75) is 64.3 Å². The van der Waals surface area contributed by atoms with Gasteiger partial charge in [0.2, 0.25) is 6.79 Å². The first-order valence-electron chi connectivity index (χ1n) is 11.1. The lowest BCUT2D eigenvalue weighted by Gasteiger charge is -2.21. The molecule has 0 amide bonds. The molecule has 158 valence electrons. The second kappa shape index (κ2) is 8.13. The summed E-state index contributed by atoms with van der Waals surface area (Å²) in [4.78, 5) is 10.0. The van der Waals surface area contributed by atoms with E-state index in [-0.39, 0.29) is 0 Å². The van der Waals surface area contributed by atoms with Crippen LogP contribution in [0.15, 0.2) is 18.2 Å². The van der Waals surface area contributed by atoms with Crippen molar-refractivity contribution in [1.82, 2.24) is 19.7 Å². The van der Waals surface area contributed by atoms with E-state index in [0.29, 0.717) is 19.3 Å². The number of aryl methyl sites for hydroxylation is 2. The molecular formula is C23H29N5O2. The normalized spacial score (nSPS) is 16.3. The zero-order valence-corrected chi connectivity index (χ0v) is 17.8. The summed E-state index contributed by atoms with van der Waals surface area (Å²) in [5.74, 6) is 3.90. The fraction of sp³-hybridized carbons (Fsp3) is 0.522. The molecule has 5 rings (SSSR count). The van der Waals surface area contributed by atoms with Crippen LogP contribution in [0.2, 0.25) is 0 Å². The number of rotatable bonds is 6. The molecule has 1 fully saturated rings. The van der Waals surface area contributed by atoms with Crippen LogP contribution in [0.1, 0.15) is 68.4 Å². The van der Waals surface area contributed by atoms with Crippen LogP contribution in [0.3, 0.4) is 0 Å². The summed E-state index contributed by atoms with van der Waals surface area (Å²) in [5.41, 5.74) is 4.18. The van der Waals surface area contributed by atoms with E-state index in [1.54, 1.807) is 0 Å². The SMILES string of the molecule is CCCc1nn(C)c2c(NCc3ccc4c(c3)OCO4)nc(C3CCCCC3)nc12. The maximum absolute atomic E-state index is 5.52. The van der Waals surface area contributed by atoms with E-state index in [2.05, 4.69) is 18.3 Å². The van der Waals surface area contributed by atoms with Gasteiger partial charge in [-0.2, -0.15) is 5.10 Å². The lowest BCUT2D eigenvalue weighted by Crippen LogP contribution is -2.12. The number of aromatic nitrogens is 4. The van der Waals surface area contributed by atoms with Gasteiger partial charge in [-0.1, -0.05) is 38.7 Å². The van der Waals surface area contributed by atoms with E-state index in [1.165, 1.54) is 32.1 Å². The number of anilines is 1. The Hall–Kier alpha value is -2.83. The maximum Gasteiger partial charge on any atom is 0.231 e. The average Bonchev–Trinajstić information content (AvgIpc) is 3.37. The number of hydrogen-bond acceptors (Lipinski definition) is 6. The molecule has 2 aromatic heterocycles. The fourth-order valence-electron chi connectivity index (χ4n) is 4.57. The minimum absolute atomic E-state index is 0.290. The summed E-state index contributed by atoms with van der Waals surface area (Å²) in [7, 11) is 1.98. The van der Waals surface area contributed by atoms with Crippen molar-refractivity contribution in [3.8, 4) is 11.5 Å². The predicted octanol–water partition coefficient (Wildman–Crippen LogP) is 4.70. The first-order valence-corrected chi connectivity index (χ1v) is 11.1. The highest BCUT2D eigenvalue weighted by Gasteiger charge is 2.23. The Balaban J connectivity index is 1.50. The van der Waals surface area contributed by atoms with Crippen LogP contribution in [0, 0.1) is 0 Å². The highest BCUT2D eigenvalue weighted by molar-refractivity contribution is 5.87. The topological polar surface area (TPSA) is 74.1 Å². The van der Waals surface area contributed by atoms with Gasteiger partial charge in [0.25, 0.3) is 0 Å². The molecule has 7 nitrogen and oxygen atoms in total. The molecule has 1 N–H and O–H groups in total. The molecule has 3 aromatic rings. The molecule has 3 heterocycles. The molecule has 1 aliphatic heterocycles. The van der Waals surface area contributed by atoms with E-state index in [1.807, 2.05) is 23.9 Å². The average molecular weight is 408 g/mol. The number of nitrogens with zero attached hydrogens (tertiary/aromatic N) is 4. The second-order valence-corrected chi connectivity index (χ2v) is 8.32. The lowest BCUT2D eigenvalue weighted by molar-refractivity contribution is 0.174. The third kappa shape index (κ3) is 3.57. The molecule has 1 aliphatic carbocycles. The Labute approximate surface area is 176 Å². The molecule has 0 bridgehead atoms. The zero-order chi connectivity index (χ0) is 20.5. The smallest absolute Gasteiger partial charge is 0.231 e. The van der Waals surface area contributed by atoms with Crippen LogP contribution in [-0.4, -0.2) is 26.5 Å². The third-order valence-corrected chi connectivity index (χ3v) is 6.12. The first-order chi connectivity index (χ1) is 14.7. The van der Waals surface area contributed by atoms with E-state index in [0.717, 1.165) is 58.3 Å². The Morgan fingerprint density at radius 2 is 1.93 bits per heavy atom. The van der Waals surface area contributed by atoms with Gasteiger partial charge in [0.05, 0.1) is 5.69 Å². The van der Waals surface area contributed by atoms with Gasteiger partial charge in [0.15, 0.2) is 17.3 Å². The molecule has 1 saturated carbocycles. The van der Waals surface area contributed by atoms with Crippen molar-refractivity contribution in [1.29, 1.82) is 0 Å². The monoisotopic (exact) mass is 407 g/mol. The first kappa shape index (κ1) is 19.2. The second-order valence-electron chi connectivity index (χ2n) is 8.32. The summed E-state index contributed by atoms with van der Waals surface area (Å²) in [6, 6.07) is 6.06. The summed E-state index contributed by atoms with van der Waals surface area (Å²) >= 11 is 0. The predicted molar refractivity (Wildman–Crippen MR) is 116 cm³/mol. The van der Waals surface area contributed by atoms with Gasteiger partial charge in [0, 0.05) is 19.5 Å². The van der Waals surface area contributed by atoms with Crippen LogP contribution < -0.4 is 14.8 Å². The minimum Gasteiger partial charge on any atom is -0.454 e. The van der Waals surface area contributed by atoms with Crippen LogP contribution in [0.25, 0.3) is 11.0 Å². The van der Waals surface area contributed by atoms with Crippen LogP contribution >= 0.6 is 0 Å². The molecule has 0 unspecified atom stereocenters. The quantitative estimate of drug-likeness (QED) is 0.638. The number of ether oxygens (including phenoxy) is 2. The molecule has 2 aliphatic rings. The van der Waals surface area contributed by atoms with Crippen molar-refractivity contribution >= 4 is 16.9 Å². The van der Waals surface area contributed by atoms with Crippen molar-refractivity contribution in [2.24, 2.45) is 7.05 Å². The number of nitrogens with one attached hydrogen (secondary N) is 1. The van der Waals surface area contributed by atoms with Crippen molar-refractivity contribution in [2.75, 3.05) is 12.1 Å². The van der Waals surface area contributed by atoms with E-state index in [4.69, 9.17) is 24.5 Å². The number of fused-ring (bicyclic) bond motifs is 2. The maximum atomic E-state index is 5.52. The van der Waals surface area contributed by atoms with Gasteiger partial charge >= 0.3 is 0 Å². The van der Waals surface area contributed by atoms with Crippen molar-refractivity contribution in [3.63, 3.8) is 0 Å². The Morgan fingerprint density at radius 3 is 2.77 bits per heavy atom. The molecule has 0 radical (unpaired) electrons. The number of benzene rings is 1. The van der Waals surface area contributed by atoms with Crippen molar-refractivity contribution < 1.29 is 9.47 Å². The summed E-state index contributed by atoms with van der Waals surface area (Å²) in [5, 5.41) is 8.33. The largest absolute Gasteiger partial charge is 0.454 e. The zero-order valence-electron chi connectivity index (χ0n) is 17.8. The van der Waals surface area contributed by atoms with Gasteiger partial charge in [-0.25, -0.2) is 9.97 Å². The minimum atomic E-state index is 0.290. The highest BCUT2D eigenvalue weighted by Crippen LogP contribution is 2.35. The van der Waals surface area contributed by atoms with E-state index >= 15 is 0 Å². The molecule has 1 aromatic carbocycles. The summed E-state index contributed by atoms with van der Waals surface area (Å²) in [6.45, 7) is 3.13. The van der Waals surface area contributed by atoms with Crippen molar-refractivity contribution in [3.05, 3.63) is 35.3 Å².